The van der Waals surface area contributed by atoms with Crippen LogP contribution < -0.4 is 5.56 Å². The van der Waals surface area contributed by atoms with Crippen LogP contribution in [0.3, 0.4) is 0 Å². The van der Waals surface area contributed by atoms with Crippen LogP contribution >= 0.6 is 34.5 Å². The lowest BCUT2D eigenvalue weighted by Gasteiger charge is -2.03. The molecule has 0 radical (unpaired) electrons. The molecule has 0 amide bonds. The zero-order chi connectivity index (χ0) is 16.4. The van der Waals surface area contributed by atoms with Gasteiger partial charge in [-0.15, -0.1) is 11.3 Å². The van der Waals surface area contributed by atoms with E-state index in [9.17, 15) is 4.79 Å². The highest BCUT2D eigenvalue weighted by molar-refractivity contribution is 7.13. The van der Waals surface area contributed by atoms with Gasteiger partial charge >= 0.3 is 0 Å². The molecule has 2 aromatic heterocycles. The minimum Gasteiger partial charge on any atom is -0.266 e. The van der Waals surface area contributed by atoms with Gasteiger partial charge in [0.2, 0.25) is 0 Å². The molecule has 0 saturated heterocycles. The van der Waals surface area contributed by atoms with Crippen molar-refractivity contribution in [2.75, 3.05) is 0 Å². The van der Waals surface area contributed by atoms with Gasteiger partial charge < -0.3 is 0 Å². The fourth-order valence-corrected chi connectivity index (χ4v) is 3.19. The molecule has 23 heavy (non-hydrogen) atoms. The van der Waals surface area contributed by atoms with Crippen molar-refractivity contribution < 1.29 is 0 Å². The minimum absolute atomic E-state index is 0.0210. The Kier molecular flexibility index (Phi) is 4.80. The summed E-state index contributed by atoms with van der Waals surface area (Å²) in [5, 5.41) is 6.95. The molecule has 3 rings (SSSR count). The van der Waals surface area contributed by atoms with Crippen LogP contribution in [-0.4, -0.2) is 14.8 Å². The molecule has 0 unspecified atom stereocenters. The number of nitrogens with zero attached hydrogens (tertiary/aromatic N) is 3. The molecule has 0 bridgehead atoms. The largest absolute Gasteiger partial charge is 0.287 e. The van der Waals surface area contributed by atoms with E-state index >= 15 is 0 Å². The zero-order valence-corrected chi connectivity index (χ0v) is 14.6. The number of hydrogen-bond acceptors (Lipinski definition) is 4. The Balaban J connectivity index is 1.85. The van der Waals surface area contributed by atoms with Crippen molar-refractivity contribution in [2.24, 2.45) is 0 Å². The number of thiazole rings is 1. The molecule has 0 aliphatic carbocycles. The van der Waals surface area contributed by atoms with Gasteiger partial charge in [-0.1, -0.05) is 54.4 Å². The monoisotopic (exact) mass is 365 g/mol. The fraction of sp³-hybridized carbons (Fsp3) is 0.188. The smallest absolute Gasteiger partial charge is 0.266 e. The number of benzene rings is 1. The average Bonchev–Trinajstić information content (AvgIpc) is 3.04. The van der Waals surface area contributed by atoms with Crippen LogP contribution in [0.5, 0.6) is 0 Å². The summed E-state index contributed by atoms with van der Waals surface area (Å²) >= 11 is 13.2. The molecule has 0 N–H and O–H groups in total. The molecule has 0 spiro atoms. The summed E-state index contributed by atoms with van der Waals surface area (Å²) < 4.78 is 1.26. The third-order valence-electron chi connectivity index (χ3n) is 3.41. The molecule has 3 aromatic rings. The highest BCUT2D eigenvalue weighted by Gasteiger charge is 2.10. The summed E-state index contributed by atoms with van der Waals surface area (Å²) in [7, 11) is 0. The molecule has 0 saturated carbocycles. The number of hydrogen-bond donors (Lipinski definition) is 0. The van der Waals surface area contributed by atoms with E-state index in [4.69, 9.17) is 23.2 Å². The Morgan fingerprint density at radius 3 is 2.65 bits per heavy atom. The van der Waals surface area contributed by atoms with Crippen molar-refractivity contribution in [3.63, 3.8) is 0 Å². The van der Waals surface area contributed by atoms with Gasteiger partial charge in [0.05, 0.1) is 23.5 Å². The number of aromatic nitrogens is 3. The normalized spacial score (nSPS) is 10.9. The van der Waals surface area contributed by atoms with Gasteiger partial charge in [-0.3, -0.25) is 4.79 Å². The van der Waals surface area contributed by atoms with Gasteiger partial charge in [0.1, 0.15) is 10.0 Å². The topological polar surface area (TPSA) is 47.8 Å². The molecule has 4 nitrogen and oxygen atoms in total. The van der Waals surface area contributed by atoms with E-state index in [1.54, 1.807) is 0 Å². The Morgan fingerprint density at radius 2 is 1.96 bits per heavy atom. The average molecular weight is 366 g/mol. The highest BCUT2D eigenvalue weighted by atomic mass is 35.5. The first kappa shape index (κ1) is 16.2. The molecule has 0 fully saturated rings. The maximum atomic E-state index is 12.0. The molecule has 2 heterocycles. The Morgan fingerprint density at radius 1 is 1.22 bits per heavy atom. The summed E-state index contributed by atoms with van der Waals surface area (Å²) in [5.74, 6) is 0. The lowest BCUT2D eigenvalue weighted by Crippen LogP contribution is -2.23. The van der Waals surface area contributed by atoms with Crippen LogP contribution in [0.4, 0.5) is 0 Å². The first-order chi connectivity index (χ1) is 11.1. The number of rotatable bonds is 4. The van der Waals surface area contributed by atoms with E-state index in [2.05, 4.69) is 41.3 Å². The fourth-order valence-electron chi connectivity index (χ4n) is 2.11. The SMILES string of the molecule is CCc1ccc(-c2nc(Cn3ncc(Cl)c(Cl)c3=O)cs2)cc1. The maximum absolute atomic E-state index is 12.0. The first-order valence-corrected chi connectivity index (χ1v) is 8.67. The number of halogens is 2. The maximum Gasteiger partial charge on any atom is 0.287 e. The molecule has 118 valence electrons. The Labute approximate surface area is 147 Å². The second-order valence-corrected chi connectivity index (χ2v) is 6.61. The van der Waals surface area contributed by atoms with Crippen molar-refractivity contribution in [1.82, 2.24) is 14.8 Å². The van der Waals surface area contributed by atoms with Crippen LogP contribution in [-0.2, 0) is 13.0 Å². The van der Waals surface area contributed by atoms with E-state index in [1.165, 1.54) is 27.8 Å². The van der Waals surface area contributed by atoms with E-state index < -0.39 is 5.56 Å². The Bertz CT molecular complexity index is 887. The quantitative estimate of drug-likeness (QED) is 0.692. The molecule has 1 aromatic carbocycles. The number of aryl methyl sites for hydroxylation is 1. The van der Waals surface area contributed by atoms with Gasteiger partial charge in [0.25, 0.3) is 5.56 Å². The van der Waals surface area contributed by atoms with Crippen molar-refractivity contribution in [3.8, 4) is 10.6 Å². The molecular weight excluding hydrogens is 353 g/mol. The van der Waals surface area contributed by atoms with Gasteiger partial charge in [0, 0.05) is 10.9 Å². The predicted molar refractivity (Wildman–Crippen MR) is 94.5 cm³/mol. The van der Waals surface area contributed by atoms with Gasteiger partial charge in [-0.05, 0) is 12.0 Å². The van der Waals surface area contributed by atoms with Crippen LogP contribution in [0.25, 0.3) is 10.6 Å². The third kappa shape index (κ3) is 3.47. The van der Waals surface area contributed by atoms with Crippen LogP contribution in [0, 0.1) is 0 Å². The van der Waals surface area contributed by atoms with Gasteiger partial charge in [-0.25, -0.2) is 9.67 Å². The van der Waals surface area contributed by atoms with E-state index in [1.807, 2.05) is 5.38 Å². The molecule has 0 aliphatic rings. The standard InChI is InChI=1S/C16H13Cl2N3OS/c1-2-10-3-5-11(6-4-10)15-20-12(9-23-15)8-21-16(22)14(18)13(17)7-19-21/h3-7,9H,2,8H2,1H3. The summed E-state index contributed by atoms with van der Waals surface area (Å²) in [6.07, 6.45) is 2.37. The van der Waals surface area contributed by atoms with Gasteiger partial charge in [0.15, 0.2) is 0 Å². The van der Waals surface area contributed by atoms with Gasteiger partial charge in [-0.2, -0.15) is 5.10 Å². The lowest BCUT2D eigenvalue weighted by atomic mass is 10.1. The molecule has 7 heteroatoms. The van der Waals surface area contributed by atoms with Crippen LogP contribution in [0.1, 0.15) is 18.2 Å². The summed E-state index contributed by atoms with van der Waals surface area (Å²) in [4.78, 5) is 16.6. The van der Waals surface area contributed by atoms with Crippen molar-refractivity contribution in [1.29, 1.82) is 0 Å². The minimum atomic E-state index is -0.416. The zero-order valence-electron chi connectivity index (χ0n) is 12.3. The lowest BCUT2D eigenvalue weighted by molar-refractivity contribution is 0.631. The molecule has 0 aliphatic heterocycles. The second kappa shape index (κ2) is 6.83. The van der Waals surface area contributed by atoms with E-state index in [0.717, 1.165) is 22.7 Å². The van der Waals surface area contributed by atoms with E-state index in [0.29, 0.717) is 0 Å². The van der Waals surface area contributed by atoms with Crippen molar-refractivity contribution >= 4 is 34.5 Å². The molecular formula is C16H13Cl2N3OS. The predicted octanol–water partition coefficient (Wildman–Crippen LogP) is 4.28. The second-order valence-electron chi connectivity index (χ2n) is 4.96. The summed E-state index contributed by atoms with van der Waals surface area (Å²) in [5.41, 5.74) is 2.70. The first-order valence-electron chi connectivity index (χ1n) is 7.03. The Hall–Kier alpha value is -1.69. The van der Waals surface area contributed by atoms with Crippen molar-refractivity contribution in [2.45, 2.75) is 19.9 Å². The van der Waals surface area contributed by atoms with Crippen LogP contribution in [0.15, 0.2) is 40.6 Å². The van der Waals surface area contributed by atoms with Crippen LogP contribution in [0.2, 0.25) is 10.0 Å². The molecule has 0 atom stereocenters. The van der Waals surface area contributed by atoms with Crippen molar-refractivity contribution in [3.05, 3.63) is 67.5 Å². The summed E-state index contributed by atoms with van der Waals surface area (Å²) in [6.45, 7) is 2.39. The van der Waals surface area contributed by atoms with E-state index in [-0.39, 0.29) is 16.6 Å². The third-order valence-corrected chi connectivity index (χ3v) is 5.10. The highest BCUT2D eigenvalue weighted by Crippen LogP contribution is 2.24. The summed E-state index contributed by atoms with van der Waals surface area (Å²) in [6, 6.07) is 8.32.